The van der Waals surface area contributed by atoms with Gasteiger partial charge in [-0.25, -0.2) is 0 Å². The third-order valence-corrected chi connectivity index (χ3v) is 3.27. The number of hydrogen-bond donors (Lipinski definition) is 2. The number of benzene rings is 1. The predicted molar refractivity (Wildman–Crippen MR) is 80.0 cm³/mol. The molecule has 3 N–H and O–H groups in total. The molecular weight excluding hydrogens is 236 g/mol. The van der Waals surface area contributed by atoms with Crippen molar-refractivity contribution in [2.24, 2.45) is 11.1 Å². The highest BCUT2D eigenvalue weighted by Crippen LogP contribution is 2.20. The fourth-order valence-corrected chi connectivity index (χ4v) is 2.08. The molecular formula is C16H26N2O. The van der Waals surface area contributed by atoms with Crippen LogP contribution in [0.1, 0.15) is 37.8 Å². The smallest absolute Gasteiger partial charge is 0.224 e. The lowest BCUT2D eigenvalue weighted by Crippen LogP contribution is -2.35. The van der Waals surface area contributed by atoms with E-state index < -0.39 is 0 Å². The zero-order valence-corrected chi connectivity index (χ0v) is 12.3. The maximum absolute atomic E-state index is 11.9. The lowest BCUT2D eigenvalue weighted by molar-refractivity contribution is -0.120. The quantitative estimate of drug-likeness (QED) is 0.793. The molecule has 3 nitrogen and oxygen atoms in total. The summed E-state index contributed by atoms with van der Waals surface area (Å²) in [5.41, 5.74) is 7.89. The largest absolute Gasteiger partial charge is 0.355 e. The Kier molecular flexibility index (Phi) is 6.03. The first-order valence-electron chi connectivity index (χ1n) is 6.95. The number of aryl methyl sites for hydroxylation is 1. The van der Waals surface area contributed by atoms with Crippen molar-refractivity contribution in [3.05, 3.63) is 35.4 Å². The Morgan fingerprint density at radius 2 is 2.11 bits per heavy atom. The minimum atomic E-state index is 0.0893. The number of nitrogens with two attached hydrogens (primary N) is 1. The average molecular weight is 262 g/mol. The van der Waals surface area contributed by atoms with Crippen LogP contribution < -0.4 is 11.1 Å². The second-order valence-electron chi connectivity index (χ2n) is 6.00. The van der Waals surface area contributed by atoms with Gasteiger partial charge >= 0.3 is 0 Å². The van der Waals surface area contributed by atoms with E-state index in [0.717, 1.165) is 18.4 Å². The molecule has 0 aliphatic rings. The van der Waals surface area contributed by atoms with Crippen molar-refractivity contribution in [1.82, 2.24) is 5.32 Å². The molecule has 0 fully saturated rings. The normalized spacial score (nSPS) is 11.4. The summed E-state index contributed by atoms with van der Waals surface area (Å²) in [6.07, 6.45) is 2.49. The van der Waals surface area contributed by atoms with E-state index in [2.05, 4.69) is 25.2 Å². The summed E-state index contributed by atoms with van der Waals surface area (Å²) in [5, 5.41) is 3.02. The van der Waals surface area contributed by atoms with Crippen LogP contribution >= 0.6 is 0 Å². The molecule has 1 amide bonds. The van der Waals surface area contributed by atoms with Gasteiger partial charge < -0.3 is 11.1 Å². The summed E-state index contributed by atoms with van der Waals surface area (Å²) in [4.78, 5) is 11.9. The maximum atomic E-state index is 11.9. The second-order valence-corrected chi connectivity index (χ2v) is 6.00. The Morgan fingerprint density at radius 1 is 1.37 bits per heavy atom. The van der Waals surface area contributed by atoms with Crippen molar-refractivity contribution in [3.63, 3.8) is 0 Å². The lowest BCUT2D eigenvalue weighted by atomic mass is 9.87. The van der Waals surface area contributed by atoms with Crippen molar-refractivity contribution >= 4 is 5.91 Å². The molecule has 106 valence electrons. The molecule has 1 rings (SSSR count). The minimum Gasteiger partial charge on any atom is -0.355 e. The van der Waals surface area contributed by atoms with Gasteiger partial charge in [0.2, 0.25) is 5.91 Å². The zero-order valence-electron chi connectivity index (χ0n) is 12.3. The Bertz CT molecular complexity index is 413. The molecule has 0 spiro atoms. The first kappa shape index (κ1) is 15.7. The molecule has 0 heterocycles. The van der Waals surface area contributed by atoms with Gasteiger partial charge in [0.1, 0.15) is 0 Å². The highest BCUT2D eigenvalue weighted by Gasteiger charge is 2.18. The number of carbonyl (C=O) groups is 1. The molecule has 0 bridgehead atoms. The number of carbonyl (C=O) groups excluding carboxylic acids is 1. The fourth-order valence-electron chi connectivity index (χ4n) is 2.08. The molecule has 0 radical (unpaired) electrons. The summed E-state index contributed by atoms with van der Waals surface area (Å²) in [5.74, 6) is 0.0893. The van der Waals surface area contributed by atoms with Crippen LogP contribution in [0.3, 0.4) is 0 Å². The van der Waals surface area contributed by atoms with Crippen LogP contribution in [0.25, 0.3) is 0 Å². The van der Waals surface area contributed by atoms with Gasteiger partial charge in [0.25, 0.3) is 0 Å². The molecule has 1 aromatic carbocycles. The Balaban J connectivity index is 2.39. The van der Waals surface area contributed by atoms with Crippen molar-refractivity contribution in [1.29, 1.82) is 0 Å². The zero-order chi connectivity index (χ0) is 14.3. The Labute approximate surface area is 116 Å². The third kappa shape index (κ3) is 6.39. The van der Waals surface area contributed by atoms with E-state index in [0.29, 0.717) is 19.5 Å². The van der Waals surface area contributed by atoms with Crippen LogP contribution in [0.5, 0.6) is 0 Å². The van der Waals surface area contributed by atoms with E-state index in [-0.39, 0.29) is 11.3 Å². The predicted octanol–water partition coefficient (Wildman–Crippen LogP) is 2.42. The van der Waals surface area contributed by atoms with Gasteiger partial charge in [-0.3, -0.25) is 4.79 Å². The van der Waals surface area contributed by atoms with Gasteiger partial charge in [0, 0.05) is 6.54 Å². The van der Waals surface area contributed by atoms with Gasteiger partial charge in [0.15, 0.2) is 0 Å². The Hall–Kier alpha value is -1.35. The summed E-state index contributed by atoms with van der Waals surface area (Å²) in [6.45, 7) is 7.78. The molecule has 0 saturated carbocycles. The standard InChI is InChI=1S/C16H26N2O/c1-13-6-4-7-14(10-13)11-15(19)18-12-16(2,3)8-5-9-17/h4,6-7,10H,5,8-9,11-12,17H2,1-3H3,(H,18,19). The molecule has 0 aliphatic carbocycles. The van der Waals surface area contributed by atoms with Crippen LogP contribution in [-0.2, 0) is 11.2 Å². The minimum absolute atomic E-state index is 0.0893. The van der Waals surface area contributed by atoms with E-state index in [9.17, 15) is 4.79 Å². The molecule has 0 atom stereocenters. The number of hydrogen-bond acceptors (Lipinski definition) is 2. The summed E-state index contributed by atoms with van der Waals surface area (Å²) < 4.78 is 0. The third-order valence-electron chi connectivity index (χ3n) is 3.27. The average Bonchev–Trinajstić information content (AvgIpc) is 2.34. The van der Waals surface area contributed by atoms with Gasteiger partial charge in [-0.05, 0) is 37.3 Å². The second kappa shape index (κ2) is 7.29. The van der Waals surface area contributed by atoms with Gasteiger partial charge in [0.05, 0.1) is 6.42 Å². The topological polar surface area (TPSA) is 55.1 Å². The Morgan fingerprint density at radius 3 is 2.74 bits per heavy atom. The maximum Gasteiger partial charge on any atom is 0.224 e. The van der Waals surface area contributed by atoms with Crippen LogP contribution in [-0.4, -0.2) is 19.0 Å². The van der Waals surface area contributed by atoms with E-state index in [1.165, 1.54) is 5.56 Å². The van der Waals surface area contributed by atoms with Crippen LogP contribution in [0, 0.1) is 12.3 Å². The first-order chi connectivity index (χ1) is 8.93. The fraction of sp³-hybridized carbons (Fsp3) is 0.562. The van der Waals surface area contributed by atoms with E-state index in [1.807, 2.05) is 25.1 Å². The van der Waals surface area contributed by atoms with E-state index >= 15 is 0 Å². The van der Waals surface area contributed by atoms with Crippen molar-refractivity contribution in [3.8, 4) is 0 Å². The van der Waals surface area contributed by atoms with Crippen LogP contribution in [0.4, 0.5) is 0 Å². The molecule has 0 saturated heterocycles. The summed E-state index contributed by atoms with van der Waals surface area (Å²) in [6, 6.07) is 8.08. The van der Waals surface area contributed by atoms with Crippen molar-refractivity contribution in [2.45, 2.75) is 40.0 Å². The molecule has 19 heavy (non-hydrogen) atoms. The van der Waals surface area contributed by atoms with Crippen molar-refractivity contribution in [2.75, 3.05) is 13.1 Å². The van der Waals surface area contributed by atoms with Crippen molar-refractivity contribution < 1.29 is 4.79 Å². The number of rotatable bonds is 7. The van der Waals surface area contributed by atoms with Gasteiger partial charge in [-0.2, -0.15) is 0 Å². The SMILES string of the molecule is Cc1cccc(CC(=O)NCC(C)(C)CCCN)c1. The van der Waals surface area contributed by atoms with Gasteiger partial charge in [-0.15, -0.1) is 0 Å². The van der Waals surface area contributed by atoms with Crippen LogP contribution in [0.2, 0.25) is 0 Å². The molecule has 0 unspecified atom stereocenters. The summed E-state index contributed by atoms with van der Waals surface area (Å²) >= 11 is 0. The van der Waals surface area contributed by atoms with Crippen LogP contribution in [0.15, 0.2) is 24.3 Å². The monoisotopic (exact) mass is 262 g/mol. The van der Waals surface area contributed by atoms with Gasteiger partial charge in [-0.1, -0.05) is 43.7 Å². The first-order valence-corrected chi connectivity index (χ1v) is 6.95. The number of amides is 1. The highest BCUT2D eigenvalue weighted by atomic mass is 16.1. The summed E-state index contributed by atoms with van der Waals surface area (Å²) in [7, 11) is 0. The molecule has 0 aliphatic heterocycles. The highest BCUT2D eigenvalue weighted by molar-refractivity contribution is 5.78. The number of nitrogens with one attached hydrogen (secondary N) is 1. The molecule has 3 heteroatoms. The lowest BCUT2D eigenvalue weighted by Gasteiger charge is -2.24. The molecule has 1 aromatic rings. The van der Waals surface area contributed by atoms with E-state index in [1.54, 1.807) is 0 Å². The molecule has 0 aromatic heterocycles. The van der Waals surface area contributed by atoms with E-state index in [4.69, 9.17) is 5.73 Å².